The lowest BCUT2D eigenvalue weighted by atomic mass is 10.00. The summed E-state index contributed by atoms with van der Waals surface area (Å²) >= 11 is 0. The standard InChI is InChI=1S/C10H11NO3/c1-14-6-2-3-8-7(4-6)9(12)5-10(13)11-8/h2-4,9,12H,5H2,1H3,(H,11,13). The molecule has 0 saturated heterocycles. The fourth-order valence-corrected chi connectivity index (χ4v) is 1.54. The molecule has 14 heavy (non-hydrogen) atoms. The highest BCUT2D eigenvalue weighted by atomic mass is 16.5. The van der Waals surface area contributed by atoms with Crippen LogP contribution >= 0.6 is 0 Å². The van der Waals surface area contributed by atoms with Crippen molar-refractivity contribution in [3.63, 3.8) is 0 Å². The van der Waals surface area contributed by atoms with E-state index in [4.69, 9.17) is 4.74 Å². The summed E-state index contributed by atoms with van der Waals surface area (Å²) in [7, 11) is 1.56. The predicted octanol–water partition coefficient (Wildman–Crippen LogP) is 1.07. The van der Waals surface area contributed by atoms with Crippen molar-refractivity contribution in [2.75, 3.05) is 12.4 Å². The molecule has 0 aliphatic carbocycles. The fourth-order valence-electron chi connectivity index (χ4n) is 1.54. The average Bonchev–Trinajstić information content (AvgIpc) is 2.17. The number of nitrogens with one attached hydrogen (secondary N) is 1. The van der Waals surface area contributed by atoms with Crippen LogP contribution in [0.5, 0.6) is 5.75 Å². The van der Waals surface area contributed by atoms with Crippen molar-refractivity contribution in [3.05, 3.63) is 23.8 Å². The van der Waals surface area contributed by atoms with Crippen LogP contribution in [0.3, 0.4) is 0 Å². The van der Waals surface area contributed by atoms with Crippen molar-refractivity contribution in [1.29, 1.82) is 0 Å². The molecule has 2 N–H and O–H groups in total. The van der Waals surface area contributed by atoms with Gasteiger partial charge in [-0.25, -0.2) is 0 Å². The number of benzene rings is 1. The Bertz CT molecular complexity index is 376. The Morgan fingerprint density at radius 2 is 2.36 bits per heavy atom. The summed E-state index contributed by atoms with van der Waals surface area (Å²) in [5, 5.41) is 12.3. The van der Waals surface area contributed by atoms with Gasteiger partial charge in [0.05, 0.1) is 19.6 Å². The number of amides is 1. The van der Waals surface area contributed by atoms with Gasteiger partial charge in [0.25, 0.3) is 0 Å². The first-order valence-electron chi connectivity index (χ1n) is 4.36. The third-order valence-corrected chi connectivity index (χ3v) is 2.27. The number of hydrogen-bond acceptors (Lipinski definition) is 3. The Kier molecular flexibility index (Phi) is 2.13. The quantitative estimate of drug-likeness (QED) is 0.701. The molecule has 1 aromatic carbocycles. The molecule has 0 aromatic heterocycles. The summed E-state index contributed by atoms with van der Waals surface area (Å²) in [4.78, 5) is 11.1. The van der Waals surface area contributed by atoms with Crippen LogP contribution in [0.4, 0.5) is 5.69 Å². The molecular weight excluding hydrogens is 182 g/mol. The second-order valence-electron chi connectivity index (χ2n) is 3.22. The zero-order chi connectivity index (χ0) is 10.1. The molecule has 1 aliphatic rings. The summed E-state index contributed by atoms with van der Waals surface area (Å²) in [6, 6.07) is 5.21. The van der Waals surface area contributed by atoms with E-state index in [1.54, 1.807) is 25.3 Å². The molecule has 0 radical (unpaired) electrons. The Balaban J connectivity index is 2.44. The lowest BCUT2D eigenvalue weighted by Crippen LogP contribution is -2.22. The largest absolute Gasteiger partial charge is 0.497 e. The van der Waals surface area contributed by atoms with Gasteiger partial charge in [0, 0.05) is 11.3 Å². The zero-order valence-corrected chi connectivity index (χ0v) is 7.78. The average molecular weight is 193 g/mol. The number of hydrogen-bond donors (Lipinski definition) is 2. The number of ether oxygens (including phenoxy) is 1. The maximum absolute atomic E-state index is 11.1. The first-order chi connectivity index (χ1) is 6.70. The van der Waals surface area contributed by atoms with Crippen LogP contribution in [0.15, 0.2) is 18.2 Å². The molecule has 1 atom stereocenters. The Labute approximate surface area is 81.5 Å². The van der Waals surface area contributed by atoms with Crippen LogP contribution in [-0.2, 0) is 4.79 Å². The first kappa shape index (κ1) is 9.02. The molecule has 0 bridgehead atoms. The third kappa shape index (κ3) is 1.44. The van der Waals surface area contributed by atoms with Gasteiger partial charge in [-0.2, -0.15) is 0 Å². The van der Waals surface area contributed by atoms with E-state index in [9.17, 15) is 9.90 Å². The smallest absolute Gasteiger partial charge is 0.227 e. The third-order valence-electron chi connectivity index (χ3n) is 2.27. The van der Waals surface area contributed by atoms with Crippen molar-refractivity contribution >= 4 is 11.6 Å². The van der Waals surface area contributed by atoms with E-state index in [0.29, 0.717) is 17.0 Å². The molecule has 2 rings (SSSR count). The van der Waals surface area contributed by atoms with Crippen LogP contribution in [0.25, 0.3) is 0 Å². The second-order valence-corrected chi connectivity index (χ2v) is 3.22. The van der Waals surface area contributed by atoms with Crippen LogP contribution in [-0.4, -0.2) is 18.1 Å². The first-order valence-corrected chi connectivity index (χ1v) is 4.36. The van der Waals surface area contributed by atoms with E-state index in [1.165, 1.54) is 0 Å². The van der Waals surface area contributed by atoms with E-state index >= 15 is 0 Å². The topological polar surface area (TPSA) is 58.6 Å². The molecule has 1 aromatic rings. The number of rotatable bonds is 1. The molecule has 1 unspecified atom stereocenters. The van der Waals surface area contributed by atoms with Gasteiger partial charge < -0.3 is 15.2 Å². The molecule has 0 fully saturated rings. The van der Waals surface area contributed by atoms with Crippen LogP contribution in [0.1, 0.15) is 18.1 Å². The number of fused-ring (bicyclic) bond motifs is 1. The van der Waals surface area contributed by atoms with Crippen LogP contribution < -0.4 is 10.1 Å². The van der Waals surface area contributed by atoms with Gasteiger partial charge in [0.2, 0.25) is 5.91 Å². The minimum Gasteiger partial charge on any atom is -0.497 e. The molecular formula is C10H11NO3. The summed E-state index contributed by atoms with van der Waals surface area (Å²) in [6.45, 7) is 0. The summed E-state index contributed by atoms with van der Waals surface area (Å²) < 4.78 is 5.03. The summed E-state index contributed by atoms with van der Waals surface area (Å²) in [5.74, 6) is 0.522. The van der Waals surface area contributed by atoms with Gasteiger partial charge in [0.15, 0.2) is 0 Å². The highest BCUT2D eigenvalue weighted by Crippen LogP contribution is 2.32. The van der Waals surface area contributed by atoms with E-state index < -0.39 is 6.10 Å². The van der Waals surface area contributed by atoms with E-state index in [-0.39, 0.29) is 12.3 Å². The molecule has 0 saturated carbocycles. The summed E-state index contributed by atoms with van der Waals surface area (Å²) in [6.07, 6.45) is -0.617. The summed E-state index contributed by atoms with van der Waals surface area (Å²) in [5.41, 5.74) is 1.37. The lowest BCUT2D eigenvalue weighted by molar-refractivity contribution is -0.118. The minimum atomic E-state index is -0.728. The van der Waals surface area contributed by atoms with E-state index in [0.717, 1.165) is 0 Å². The highest BCUT2D eigenvalue weighted by Gasteiger charge is 2.23. The number of methoxy groups -OCH3 is 1. The Morgan fingerprint density at radius 3 is 3.07 bits per heavy atom. The van der Waals surface area contributed by atoms with Gasteiger partial charge >= 0.3 is 0 Å². The fraction of sp³-hybridized carbons (Fsp3) is 0.300. The number of carbonyl (C=O) groups is 1. The van der Waals surface area contributed by atoms with Crippen LogP contribution in [0.2, 0.25) is 0 Å². The predicted molar refractivity (Wildman–Crippen MR) is 51.2 cm³/mol. The Hall–Kier alpha value is -1.55. The highest BCUT2D eigenvalue weighted by molar-refractivity contribution is 5.94. The minimum absolute atomic E-state index is 0.111. The van der Waals surface area contributed by atoms with Crippen molar-refractivity contribution in [2.45, 2.75) is 12.5 Å². The zero-order valence-electron chi connectivity index (χ0n) is 7.78. The molecule has 74 valence electrons. The van der Waals surface area contributed by atoms with Gasteiger partial charge in [-0.3, -0.25) is 4.79 Å². The van der Waals surface area contributed by atoms with Crippen molar-refractivity contribution in [2.24, 2.45) is 0 Å². The lowest BCUT2D eigenvalue weighted by Gasteiger charge is -2.21. The normalized spacial score (nSPS) is 19.9. The van der Waals surface area contributed by atoms with Crippen molar-refractivity contribution in [3.8, 4) is 5.75 Å². The van der Waals surface area contributed by atoms with Gasteiger partial charge in [0.1, 0.15) is 5.75 Å². The monoisotopic (exact) mass is 193 g/mol. The number of aliphatic hydroxyl groups is 1. The molecule has 1 heterocycles. The SMILES string of the molecule is COc1ccc2c(c1)C(O)CC(=O)N2. The molecule has 1 aliphatic heterocycles. The number of aliphatic hydroxyl groups excluding tert-OH is 1. The maximum atomic E-state index is 11.1. The van der Waals surface area contributed by atoms with Gasteiger partial charge in [-0.1, -0.05) is 0 Å². The molecule has 4 heteroatoms. The second kappa shape index (κ2) is 3.31. The number of anilines is 1. The van der Waals surface area contributed by atoms with Gasteiger partial charge in [-0.05, 0) is 18.2 Å². The van der Waals surface area contributed by atoms with E-state index in [1.807, 2.05) is 0 Å². The van der Waals surface area contributed by atoms with Crippen molar-refractivity contribution in [1.82, 2.24) is 0 Å². The van der Waals surface area contributed by atoms with Crippen LogP contribution in [0, 0.1) is 0 Å². The Morgan fingerprint density at radius 1 is 1.57 bits per heavy atom. The van der Waals surface area contributed by atoms with Gasteiger partial charge in [-0.15, -0.1) is 0 Å². The van der Waals surface area contributed by atoms with E-state index in [2.05, 4.69) is 5.32 Å². The van der Waals surface area contributed by atoms with Crippen molar-refractivity contribution < 1.29 is 14.6 Å². The molecule has 1 amide bonds. The molecule has 4 nitrogen and oxygen atoms in total. The maximum Gasteiger partial charge on any atom is 0.227 e. The number of carbonyl (C=O) groups excluding carboxylic acids is 1. The molecule has 0 spiro atoms.